The van der Waals surface area contributed by atoms with Crippen molar-refractivity contribution in [2.75, 3.05) is 0 Å². The minimum Gasteiger partial charge on any atom is -0.208 e. The summed E-state index contributed by atoms with van der Waals surface area (Å²) in [7, 11) is 0. The molecule has 0 N–H and O–H groups in total. The van der Waals surface area contributed by atoms with E-state index in [1.807, 2.05) is 84.9 Å². The summed E-state index contributed by atoms with van der Waals surface area (Å²) in [6.45, 7) is 0. The summed E-state index contributed by atoms with van der Waals surface area (Å²) in [4.78, 5) is 14.6. The summed E-state index contributed by atoms with van der Waals surface area (Å²) in [5.74, 6) is 1.90. The van der Waals surface area contributed by atoms with Gasteiger partial charge in [-0.15, -0.1) is 0 Å². The van der Waals surface area contributed by atoms with Crippen molar-refractivity contribution in [3.05, 3.63) is 138 Å². The van der Waals surface area contributed by atoms with Crippen LogP contribution < -0.4 is 0 Å². The molecule has 176 valence electrons. The molecule has 37 heavy (non-hydrogen) atoms. The summed E-state index contributed by atoms with van der Waals surface area (Å²) in [6.07, 6.45) is 0. The van der Waals surface area contributed by atoms with Crippen LogP contribution in [0, 0.1) is 0 Å². The molecule has 0 aliphatic heterocycles. The first-order valence-corrected chi connectivity index (χ1v) is 12.5. The fraction of sp³-hybridized carbons (Fsp3) is 0. The number of hydrogen-bond acceptors (Lipinski definition) is 3. The molecule has 0 spiro atoms. The lowest BCUT2D eigenvalue weighted by Gasteiger charge is -2.14. The predicted molar refractivity (Wildman–Crippen MR) is 152 cm³/mol. The molecule has 0 saturated heterocycles. The fourth-order valence-electron chi connectivity index (χ4n) is 4.39. The highest BCUT2D eigenvalue weighted by Gasteiger charge is 2.15. The van der Waals surface area contributed by atoms with Gasteiger partial charge >= 0.3 is 0 Å². The molecule has 0 saturated carbocycles. The predicted octanol–water partition coefficient (Wildman–Crippen LogP) is 8.86. The lowest BCUT2D eigenvalue weighted by atomic mass is 9.92. The molecule has 0 radical (unpaired) electrons. The zero-order chi connectivity index (χ0) is 25.0. The summed E-state index contributed by atoms with van der Waals surface area (Å²) in [6, 6.07) is 44.7. The van der Waals surface area contributed by atoms with Crippen molar-refractivity contribution in [1.29, 1.82) is 0 Å². The molecular weight excluding hydrogens is 474 g/mol. The van der Waals surface area contributed by atoms with E-state index in [1.165, 1.54) is 0 Å². The molecule has 0 atom stereocenters. The van der Waals surface area contributed by atoms with Gasteiger partial charge in [-0.05, 0) is 40.5 Å². The standard InChI is InChI=1S/C33H22ClN3/c34-28-18-10-17-26(21-28)30-22-27(19-20-29(30)23-11-4-1-5-12-23)33-36-31(24-13-6-2-7-14-24)35-32(37-33)25-15-8-3-9-16-25/h1-22H. The Labute approximate surface area is 221 Å². The van der Waals surface area contributed by atoms with Gasteiger partial charge in [-0.25, -0.2) is 15.0 Å². The largest absolute Gasteiger partial charge is 0.208 e. The van der Waals surface area contributed by atoms with E-state index >= 15 is 0 Å². The molecule has 0 fully saturated rings. The Bertz CT molecular complexity index is 1610. The maximum absolute atomic E-state index is 6.39. The van der Waals surface area contributed by atoms with Crippen LogP contribution in [0.2, 0.25) is 5.02 Å². The molecule has 6 rings (SSSR count). The van der Waals surface area contributed by atoms with Gasteiger partial charge in [0.15, 0.2) is 17.5 Å². The van der Waals surface area contributed by atoms with Crippen molar-refractivity contribution in [1.82, 2.24) is 15.0 Å². The maximum Gasteiger partial charge on any atom is 0.164 e. The van der Waals surface area contributed by atoms with E-state index in [2.05, 4.69) is 48.5 Å². The lowest BCUT2D eigenvalue weighted by molar-refractivity contribution is 1.07. The van der Waals surface area contributed by atoms with Crippen molar-refractivity contribution in [3.63, 3.8) is 0 Å². The number of rotatable bonds is 5. The molecular formula is C33H22ClN3. The topological polar surface area (TPSA) is 38.7 Å². The van der Waals surface area contributed by atoms with Gasteiger partial charge in [0.2, 0.25) is 0 Å². The van der Waals surface area contributed by atoms with Crippen molar-refractivity contribution in [2.45, 2.75) is 0 Å². The van der Waals surface area contributed by atoms with Gasteiger partial charge in [0.05, 0.1) is 0 Å². The van der Waals surface area contributed by atoms with E-state index in [4.69, 9.17) is 26.6 Å². The Morgan fingerprint density at radius 3 is 1.38 bits per heavy atom. The quantitative estimate of drug-likeness (QED) is 0.240. The van der Waals surface area contributed by atoms with E-state index in [0.717, 1.165) is 38.9 Å². The Morgan fingerprint density at radius 2 is 0.838 bits per heavy atom. The van der Waals surface area contributed by atoms with Gasteiger partial charge in [-0.3, -0.25) is 0 Å². The zero-order valence-corrected chi connectivity index (χ0v) is 20.7. The summed E-state index contributed by atoms with van der Waals surface area (Å²) in [5.41, 5.74) is 7.15. The van der Waals surface area contributed by atoms with Crippen LogP contribution >= 0.6 is 11.6 Å². The normalized spacial score (nSPS) is 10.8. The number of benzene rings is 5. The van der Waals surface area contributed by atoms with Crippen LogP contribution in [0.25, 0.3) is 56.4 Å². The minimum atomic E-state index is 0.621. The van der Waals surface area contributed by atoms with E-state index in [1.54, 1.807) is 0 Å². The van der Waals surface area contributed by atoms with Gasteiger partial charge in [-0.1, -0.05) is 127 Å². The van der Waals surface area contributed by atoms with Gasteiger partial charge < -0.3 is 0 Å². The molecule has 5 aromatic carbocycles. The van der Waals surface area contributed by atoms with Crippen LogP contribution in [0.3, 0.4) is 0 Å². The Balaban J connectivity index is 1.56. The number of nitrogens with zero attached hydrogens (tertiary/aromatic N) is 3. The first kappa shape index (κ1) is 22.8. The molecule has 3 nitrogen and oxygen atoms in total. The van der Waals surface area contributed by atoms with Crippen LogP contribution in [0.15, 0.2) is 133 Å². The average molecular weight is 496 g/mol. The number of hydrogen-bond donors (Lipinski definition) is 0. The van der Waals surface area contributed by atoms with Crippen molar-refractivity contribution in [2.24, 2.45) is 0 Å². The molecule has 4 heteroatoms. The third-order valence-electron chi connectivity index (χ3n) is 6.20. The molecule has 1 heterocycles. The third-order valence-corrected chi connectivity index (χ3v) is 6.43. The molecule has 0 aliphatic carbocycles. The average Bonchev–Trinajstić information content (AvgIpc) is 2.98. The fourth-order valence-corrected chi connectivity index (χ4v) is 4.58. The van der Waals surface area contributed by atoms with Crippen LogP contribution in [0.4, 0.5) is 0 Å². The molecule has 0 amide bonds. The van der Waals surface area contributed by atoms with Crippen LogP contribution in [-0.2, 0) is 0 Å². The highest BCUT2D eigenvalue weighted by Crippen LogP contribution is 2.36. The number of aromatic nitrogens is 3. The summed E-state index contributed by atoms with van der Waals surface area (Å²) in [5, 5.41) is 0.694. The second-order valence-electron chi connectivity index (χ2n) is 8.68. The van der Waals surface area contributed by atoms with Gasteiger partial charge in [0.1, 0.15) is 0 Å². The van der Waals surface area contributed by atoms with Gasteiger partial charge in [-0.2, -0.15) is 0 Å². The van der Waals surface area contributed by atoms with E-state index in [-0.39, 0.29) is 0 Å². The van der Waals surface area contributed by atoms with Crippen LogP contribution in [0.1, 0.15) is 0 Å². The molecule has 0 bridgehead atoms. The SMILES string of the molecule is Clc1cccc(-c2cc(-c3nc(-c4ccccc4)nc(-c4ccccc4)n3)ccc2-c2ccccc2)c1. The summed E-state index contributed by atoms with van der Waals surface area (Å²) < 4.78 is 0. The first-order chi connectivity index (χ1) is 18.2. The van der Waals surface area contributed by atoms with E-state index < -0.39 is 0 Å². The highest BCUT2D eigenvalue weighted by atomic mass is 35.5. The smallest absolute Gasteiger partial charge is 0.164 e. The Hall–Kier alpha value is -4.60. The zero-order valence-electron chi connectivity index (χ0n) is 19.9. The highest BCUT2D eigenvalue weighted by molar-refractivity contribution is 6.30. The van der Waals surface area contributed by atoms with E-state index in [0.29, 0.717) is 22.5 Å². The van der Waals surface area contributed by atoms with Crippen molar-refractivity contribution in [3.8, 4) is 56.4 Å². The minimum absolute atomic E-state index is 0.621. The van der Waals surface area contributed by atoms with Crippen LogP contribution in [-0.4, -0.2) is 15.0 Å². The van der Waals surface area contributed by atoms with Crippen molar-refractivity contribution < 1.29 is 0 Å². The Morgan fingerprint density at radius 1 is 0.351 bits per heavy atom. The third kappa shape index (κ3) is 4.90. The lowest BCUT2D eigenvalue weighted by Crippen LogP contribution is -2.00. The molecule has 6 aromatic rings. The number of halogens is 1. The van der Waals surface area contributed by atoms with E-state index in [9.17, 15) is 0 Å². The second-order valence-corrected chi connectivity index (χ2v) is 9.11. The van der Waals surface area contributed by atoms with Crippen molar-refractivity contribution >= 4 is 11.6 Å². The Kier molecular flexibility index (Phi) is 6.28. The first-order valence-electron chi connectivity index (χ1n) is 12.1. The second kappa shape index (κ2) is 10.2. The molecule has 0 unspecified atom stereocenters. The van der Waals surface area contributed by atoms with Gasteiger partial charge in [0, 0.05) is 21.7 Å². The van der Waals surface area contributed by atoms with Gasteiger partial charge in [0.25, 0.3) is 0 Å². The monoisotopic (exact) mass is 495 g/mol. The van der Waals surface area contributed by atoms with Crippen LogP contribution in [0.5, 0.6) is 0 Å². The molecule has 1 aromatic heterocycles. The molecule has 0 aliphatic rings. The maximum atomic E-state index is 6.39. The summed E-state index contributed by atoms with van der Waals surface area (Å²) >= 11 is 6.39.